The molecule has 7 rings (SSSR count). The number of aliphatic imine (C=N–C) groups is 2. The van der Waals surface area contributed by atoms with Gasteiger partial charge in [0.15, 0.2) is 29.3 Å². The molecular weight excluding hydrogens is 725 g/mol. The maximum atomic E-state index is 13.8. The Morgan fingerprint density at radius 2 is 1.42 bits per heavy atom. The van der Waals surface area contributed by atoms with Gasteiger partial charge in [0, 0.05) is 48.9 Å². The van der Waals surface area contributed by atoms with E-state index in [1.807, 2.05) is 55.7 Å². The molecule has 57 heavy (non-hydrogen) atoms. The molecule has 0 saturated carbocycles. The Labute approximate surface area is 330 Å². The second-order valence-corrected chi connectivity index (χ2v) is 13.6. The van der Waals surface area contributed by atoms with Gasteiger partial charge >= 0.3 is 5.97 Å². The molecule has 5 aromatic carbocycles. The number of hydrogen-bond donors (Lipinski definition) is 0. The van der Waals surface area contributed by atoms with Crippen LogP contribution in [-0.4, -0.2) is 72.1 Å². The second kappa shape index (κ2) is 16.8. The van der Waals surface area contributed by atoms with Gasteiger partial charge in [-0.05, 0) is 84.3 Å². The van der Waals surface area contributed by atoms with Crippen LogP contribution in [0.1, 0.15) is 53.3 Å². The van der Waals surface area contributed by atoms with Crippen LogP contribution in [0.4, 0.5) is 22.7 Å². The number of amides is 1. The van der Waals surface area contributed by atoms with E-state index in [4.69, 9.17) is 28.7 Å². The maximum Gasteiger partial charge on any atom is 0.337 e. The van der Waals surface area contributed by atoms with Gasteiger partial charge < -0.3 is 33.5 Å². The monoisotopic (exact) mass is 766 g/mol. The summed E-state index contributed by atoms with van der Waals surface area (Å²) in [6.45, 7) is 4.31. The van der Waals surface area contributed by atoms with Crippen LogP contribution in [0.3, 0.4) is 0 Å². The van der Waals surface area contributed by atoms with Gasteiger partial charge in [-0.2, -0.15) is 0 Å². The summed E-state index contributed by atoms with van der Waals surface area (Å²) in [5.74, 6) is 0.624. The molecule has 12 heteroatoms. The van der Waals surface area contributed by atoms with Crippen LogP contribution >= 0.6 is 0 Å². The Morgan fingerprint density at radius 3 is 2.05 bits per heavy atom. The van der Waals surface area contributed by atoms with Crippen LogP contribution in [-0.2, 0) is 30.8 Å². The molecule has 0 N–H and O–H groups in total. The Balaban J connectivity index is 1.10. The van der Waals surface area contributed by atoms with Crippen molar-refractivity contribution in [3.63, 3.8) is 0 Å². The number of ether oxygens (including phenoxy) is 5. The van der Waals surface area contributed by atoms with Crippen molar-refractivity contribution >= 4 is 53.8 Å². The van der Waals surface area contributed by atoms with Crippen molar-refractivity contribution in [3.8, 4) is 23.0 Å². The predicted octanol–water partition coefficient (Wildman–Crippen LogP) is 7.76. The Morgan fingerprint density at radius 1 is 0.789 bits per heavy atom. The molecule has 0 aliphatic carbocycles. The maximum absolute atomic E-state index is 13.8. The highest BCUT2D eigenvalue weighted by molar-refractivity contribution is 6.11. The molecule has 0 fully saturated rings. The minimum absolute atomic E-state index is 0.0168. The molecule has 1 amide bonds. The van der Waals surface area contributed by atoms with Crippen molar-refractivity contribution in [2.45, 2.75) is 32.1 Å². The zero-order chi connectivity index (χ0) is 40.1. The largest absolute Gasteiger partial charge is 0.493 e. The van der Waals surface area contributed by atoms with E-state index in [2.05, 4.69) is 28.7 Å². The van der Waals surface area contributed by atoms with E-state index < -0.39 is 5.97 Å². The van der Waals surface area contributed by atoms with Crippen LogP contribution in [0.25, 0.3) is 0 Å². The average molecular weight is 767 g/mol. The van der Waals surface area contributed by atoms with E-state index in [9.17, 15) is 14.4 Å². The van der Waals surface area contributed by atoms with E-state index in [-0.39, 0.29) is 25.2 Å². The highest BCUT2D eigenvalue weighted by atomic mass is 16.5. The number of carbonyl (C=O) groups excluding carboxylic acids is 3. The Hall–Kier alpha value is -6.95. The highest BCUT2D eigenvalue weighted by Gasteiger charge is 2.28. The molecule has 1 unspecified atom stereocenters. The molecule has 0 saturated heterocycles. The van der Waals surface area contributed by atoms with Crippen molar-refractivity contribution in [2.75, 3.05) is 44.7 Å². The Kier molecular flexibility index (Phi) is 11.3. The summed E-state index contributed by atoms with van der Waals surface area (Å²) >= 11 is 0. The van der Waals surface area contributed by atoms with Gasteiger partial charge in [0.25, 0.3) is 5.91 Å². The number of hydrogen-bond acceptors (Lipinski definition) is 11. The first kappa shape index (κ1) is 38.3. The molecule has 0 spiro atoms. The number of carbonyl (C=O) groups is 3. The van der Waals surface area contributed by atoms with Crippen LogP contribution in [0.15, 0.2) is 101 Å². The van der Waals surface area contributed by atoms with Crippen molar-refractivity contribution in [3.05, 3.63) is 130 Å². The summed E-state index contributed by atoms with van der Waals surface area (Å²) in [4.78, 5) is 51.4. The number of rotatable bonds is 14. The SMILES string of the molecule is C=Nc1cc(OCc2cc(COc3cc(/N=C\C4Cc5ccccc5N4C)c(C=O)cc3OC)cc(C(=O)OC)c2)c(OC)cc1C(=O)N1CCc2ccccc21. The molecule has 0 aromatic heterocycles. The molecule has 1 atom stereocenters. The first-order valence-electron chi connectivity index (χ1n) is 18.3. The van der Waals surface area contributed by atoms with Gasteiger partial charge in [0.05, 0.1) is 49.9 Å². The van der Waals surface area contributed by atoms with E-state index in [1.165, 1.54) is 26.9 Å². The zero-order valence-electron chi connectivity index (χ0n) is 32.2. The number of benzene rings is 5. The number of likely N-dealkylation sites (N-methyl/N-ethyl adjacent to an activating group) is 1. The van der Waals surface area contributed by atoms with Crippen LogP contribution in [0.2, 0.25) is 0 Å². The smallest absolute Gasteiger partial charge is 0.337 e. The third kappa shape index (κ3) is 7.93. The topological polar surface area (TPSA) is 129 Å². The summed E-state index contributed by atoms with van der Waals surface area (Å²) in [5.41, 5.74) is 7.38. The second-order valence-electron chi connectivity index (χ2n) is 13.6. The lowest BCUT2D eigenvalue weighted by Gasteiger charge is -2.20. The van der Waals surface area contributed by atoms with Gasteiger partial charge in [-0.25, -0.2) is 4.79 Å². The predicted molar refractivity (Wildman–Crippen MR) is 219 cm³/mol. The standard InChI is InChI=1S/C45H42N4O8/c1-46-37-23-43(41(54-4)21-35(37)44(51)49-15-14-30-10-6-9-13-39(30)49)57-27-29-16-28(17-32(18-29)45(52)55-5)26-56-42-22-36(33(25-50)20-40(42)53-3)47-24-34-19-31-11-7-8-12-38(31)48(34)2/h6-13,16-18,20-25,34H,1,14-15,19,26-27H2,2-5H3/b47-24-. The van der Waals surface area contributed by atoms with Crippen molar-refractivity contribution < 1.29 is 38.1 Å². The number of fused-ring (bicyclic) bond motifs is 2. The van der Waals surface area contributed by atoms with E-state index in [0.717, 1.165) is 36.1 Å². The number of para-hydroxylation sites is 2. The van der Waals surface area contributed by atoms with Gasteiger partial charge in [0.1, 0.15) is 13.2 Å². The molecular formula is C45H42N4O8. The van der Waals surface area contributed by atoms with E-state index >= 15 is 0 Å². The normalized spacial score (nSPS) is 14.2. The fourth-order valence-corrected chi connectivity index (χ4v) is 7.24. The average Bonchev–Trinajstić information content (AvgIpc) is 3.83. The molecule has 2 aliphatic rings. The van der Waals surface area contributed by atoms with Crippen molar-refractivity contribution in [2.24, 2.45) is 9.98 Å². The molecule has 2 aliphatic heterocycles. The lowest BCUT2D eigenvalue weighted by molar-refractivity contribution is 0.0600. The van der Waals surface area contributed by atoms with Crippen LogP contribution in [0, 0.1) is 0 Å². The zero-order valence-corrected chi connectivity index (χ0v) is 32.2. The van der Waals surface area contributed by atoms with Crippen LogP contribution in [0.5, 0.6) is 23.0 Å². The number of esters is 1. The molecule has 5 aromatic rings. The first-order valence-corrected chi connectivity index (χ1v) is 18.3. The Bertz CT molecular complexity index is 2390. The number of aldehydes is 1. The van der Waals surface area contributed by atoms with Crippen molar-refractivity contribution in [1.29, 1.82) is 0 Å². The van der Waals surface area contributed by atoms with Gasteiger partial charge in [0.2, 0.25) is 0 Å². The summed E-state index contributed by atoms with van der Waals surface area (Å²) in [6, 6.07) is 27.7. The third-order valence-electron chi connectivity index (χ3n) is 10.2. The minimum Gasteiger partial charge on any atom is -0.493 e. The molecule has 0 radical (unpaired) electrons. The van der Waals surface area contributed by atoms with Crippen molar-refractivity contribution in [1.82, 2.24) is 0 Å². The third-order valence-corrected chi connectivity index (χ3v) is 10.2. The van der Waals surface area contributed by atoms with Crippen LogP contribution < -0.4 is 28.7 Å². The van der Waals surface area contributed by atoms with Gasteiger partial charge in [-0.3, -0.25) is 19.6 Å². The van der Waals surface area contributed by atoms with Gasteiger partial charge in [-0.1, -0.05) is 36.4 Å². The van der Waals surface area contributed by atoms with Gasteiger partial charge in [-0.15, -0.1) is 0 Å². The first-order chi connectivity index (χ1) is 27.7. The fraction of sp³-hybridized carbons (Fsp3) is 0.222. The number of anilines is 2. The lowest BCUT2D eigenvalue weighted by Crippen LogP contribution is -2.29. The number of methoxy groups -OCH3 is 3. The van der Waals surface area contributed by atoms with E-state index in [0.29, 0.717) is 68.7 Å². The fourth-order valence-electron chi connectivity index (χ4n) is 7.24. The summed E-state index contributed by atoms with van der Waals surface area (Å²) in [6.07, 6.45) is 4.14. The molecule has 0 bridgehead atoms. The summed E-state index contributed by atoms with van der Waals surface area (Å²) in [7, 11) is 6.32. The lowest BCUT2D eigenvalue weighted by atomic mass is 10.1. The van der Waals surface area contributed by atoms with E-state index in [1.54, 1.807) is 41.3 Å². The quantitative estimate of drug-likeness (QED) is 0.0633. The number of nitrogens with zero attached hydrogens (tertiary/aromatic N) is 4. The molecule has 2 heterocycles. The molecule has 12 nitrogen and oxygen atoms in total. The summed E-state index contributed by atoms with van der Waals surface area (Å²) < 4.78 is 28.8. The highest BCUT2D eigenvalue weighted by Crippen LogP contribution is 2.39. The summed E-state index contributed by atoms with van der Waals surface area (Å²) in [5, 5.41) is 0. The molecule has 290 valence electrons. The minimum atomic E-state index is -0.538.